The number of nitro benzene ring substituents is 1. The van der Waals surface area contributed by atoms with E-state index in [4.69, 9.17) is 16.3 Å². The van der Waals surface area contributed by atoms with Gasteiger partial charge in [0.05, 0.1) is 11.1 Å². The molecule has 0 aliphatic heterocycles. The minimum Gasteiger partial charge on any atom is -0.483 e. The lowest BCUT2D eigenvalue weighted by molar-refractivity contribution is -0.384. The first-order chi connectivity index (χ1) is 15.8. The summed E-state index contributed by atoms with van der Waals surface area (Å²) in [6, 6.07) is 16.9. The summed E-state index contributed by atoms with van der Waals surface area (Å²) < 4.78 is 6.34. The van der Waals surface area contributed by atoms with Crippen LogP contribution in [0, 0.1) is 10.1 Å². The molecule has 0 heterocycles. The van der Waals surface area contributed by atoms with Gasteiger partial charge in [0.15, 0.2) is 6.61 Å². The first-order valence-electron chi connectivity index (χ1n) is 9.37. The molecule has 9 nitrogen and oxygen atoms in total. The van der Waals surface area contributed by atoms with Gasteiger partial charge >= 0.3 is 0 Å². The maximum atomic E-state index is 12.2. The average Bonchev–Trinajstić information content (AvgIpc) is 2.80. The summed E-state index contributed by atoms with van der Waals surface area (Å²) in [7, 11) is 0. The normalized spacial score (nSPS) is 10.6. The molecule has 0 aliphatic carbocycles. The number of hydrazone groups is 1. The van der Waals surface area contributed by atoms with Crippen LogP contribution in [0.15, 0.2) is 76.3 Å². The summed E-state index contributed by atoms with van der Waals surface area (Å²) >= 11 is 9.18. The number of amides is 2. The van der Waals surface area contributed by atoms with E-state index in [1.54, 1.807) is 42.5 Å². The largest absolute Gasteiger partial charge is 0.483 e. The van der Waals surface area contributed by atoms with E-state index in [1.807, 2.05) is 0 Å². The molecule has 2 amide bonds. The van der Waals surface area contributed by atoms with Crippen LogP contribution in [0.25, 0.3) is 0 Å². The molecule has 11 heteroatoms. The second-order valence-corrected chi connectivity index (χ2v) is 7.88. The summed E-state index contributed by atoms with van der Waals surface area (Å²) in [6.07, 6.45) is 1.36. The summed E-state index contributed by atoms with van der Waals surface area (Å²) in [4.78, 5) is 34.5. The second-order valence-electron chi connectivity index (χ2n) is 6.53. The van der Waals surface area contributed by atoms with E-state index < -0.39 is 10.8 Å². The number of anilines is 1. The van der Waals surface area contributed by atoms with E-state index in [0.29, 0.717) is 22.0 Å². The number of nitrogens with zero attached hydrogens (tertiary/aromatic N) is 2. The molecule has 3 aromatic carbocycles. The number of non-ortho nitro benzene ring substituents is 1. The molecule has 0 aromatic heterocycles. The Hall–Kier alpha value is -3.76. The lowest BCUT2D eigenvalue weighted by Gasteiger charge is -2.10. The third-order valence-corrected chi connectivity index (χ3v) is 4.91. The van der Waals surface area contributed by atoms with Gasteiger partial charge in [-0.05, 0) is 54.6 Å². The van der Waals surface area contributed by atoms with Crippen molar-refractivity contribution >= 4 is 56.9 Å². The predicted molar refractivity (Wildman–Crippen MR) is 128 cm³/mol. The number of hydrogen-bond acceptors (Lipinski definition) is 6. The molecule has 0 radical (unpaired) electrons. The zero-order chi connectivity index (χ0) is 23.8. The Morgan fingerprint density at radius 3 is 2.45 bits per heavy atom. The van der Waals surface area contributed by atoms with Crippen molar-refractivity contribution in [3.05, 3.63) is 97.5 Å². The third-order valence-electron chi connectivity index (χ3n) is 4.17. The average molecular weight is 532 g/mol. The van der Waals surface area contributed by atoms with Crippen LogP contribution in [0.2, 0.25) is 5.02 Å². The van der Waals surface area contributed by atoms with Gasteiger partial charge in [0.25, 0.3) is 17.5 Å². The highest BCUT2D eigenvalue weighted by Gasteiger charge is 2.10. The van der Waals surface area contributed by atoms with Crippen LogP contribution in [0.4, 0.5) is 11.4 Å². The van der Waals surface area contributed by atoms with Crippen molar-refractivity contribution in [3.63, 3.8) is 0 Å². The summed E-state index contributed by atoms with van der Waals surface area (Å²) in [5.74, 6) is -0.534. The van der Waals surface area contributed by atoms with Crippen LogP contribution in [0.3, 0.4) is 0 Å². The number of halogens is 2. The number of carbonyl (C=O) groups is 2. The molecular formula is C22H16BrClN4O5. The predicted octanol–water partition coefficient (Wildman–Crippen LogP) is 4.79. The fraction of sp³-hybridized carbons (Fsp3) is 0.0455. The topological polar surface area (TPSA) is 123 Å². The second kappa shape index (κ2) is 11.2. The smallest absolute Gasteiger partial charge is 0.271 e. The lowest BCUT2D eigenvalue weighted by Crippen LogP contribution is -2.20. The molecule has 0 unspecified atom stereocenters. The van der Waals surface area contributed by atoms with Gasteiger partial charge in [0.1, 0.15) is 5.75 Å². The van der Waals surface area contributed by atoms with E-state index in [9.17, 15) is 19.7 Å². The number of benzene rings is 3. The zero-order valence-electron chi connectivity index (χ0n) is 16.8. The van der Waals surface area contributed by atoms with Crippen LogP contribution in [-0.4, -0.2) is 29.6 Å². The molecule has 0 bridgehead atoms. The Morgan fingerprint density at radius 1 is 1.09 bits per heavy atom. The van der Waals surface area contributed by atoms with Gasteiger partial charge in [-0.2, -0.15) is 5.10 Å². The summed E-state index contributed by atoms with van der Waals surface area (Å²) in [5.41, 5.74) is 3.53. The number of carbonyl (C=O) groups excluding carboxylic acids is 2. The van der Waals surface area contributed by atoms with E-state index >= 15 is 0 Å². The molecule has 0 fully saturated rings. The van der Waals surface area contributed by atoms with Gasteiger partial charge < -0.3 is 10.1 Å². The number of hydrogen-bond donors (Lipinski definition) is 2. The zero-order valence-corrected chi connectivity index (χ0v) is 19.2. The number of nitrogens with one attached hydrogen (secondary N) is 2. The molecule has 33 heavy (non-hydrogen) atoms. The van der Waals surface area contributed by atoms with Crippen LogP contribution in [0.5, 0.6) is 5.75 Å². The Labute approximate surface area is 201 Å². The fourth-order valence-corrected chi connectivity index (χ4v) is 3.09. The molecule has 2 N–H and O–H groups in total. The van der Waals surface area contributed by atoms with E-state index in [-0.39, 0.29) is 23.8 Å². The Bertz CT molecular complexity index is 1200. The van der Waals surface area contributed by atoms with Crippen molar-refractivity contribution in [2.75, 3.05) is 11.9 Å². The molecule has 168 valence electrons. The molecule has 3 rings (SSSR count). The first-order valence-corrected chi connectivity index (χ1v) is 10.5. The van der Waals surface area contributed by atoms with Crippen molar-refractivity contribution in [1.82, 2.24) is 5.43 Å². The number of rotatable bonds is 8. The summed E-state index contributed by atoms with van der Waals surface area (Å²) in [6.45, 7) is -0.250. The van der Waals surface area contributed by atoms with Crippen molar-refractivity contribution in [1.29, 1.82) is 0 Å². The van der Waals surface area contributed by atoms with Crippen molar-refractivity contribution in [2.24, 2.45) is 5.10 Å². The van der Waals surface area contributed by atoms with Crippen molar-refractivity contribution in [3.8, 4) is 5.75 Å². The monoisotopic (exact) mass is 530 g/mol. The molecule has 0 atom stereocenters. The van der Waals surface area contributed by atoms with E-state index in [0.717, 1.165) is 4.47 Å². The molecule has 0 saturated carbocycles. The summed E-state index contributed by atoms with van der Waals surface area (Å²) in [5, 5.41) is 17.9. The van der Waals surface area contributed by atoms with Crippen LogP contribution < -0.4 is 15.5 Å². The van der Waals surface area contributed by atoms with Crippen LogP contribution >= 0.6 is 27.5 Å². The van der Waals surface area contributed by atoms with Gasteiger partial charge in [0.2, 0.25) is 0 Å². The van der Waals surface area contributed by atoms with Crippen LogP contribution in [0.1, 0.15) is 15.9 Å². The number of ether oxygens (including phenoxy) is 1. The van der Waals surface area contributed by atoms with Gasteiger partial charge in [-0.1, -0.05) is 27.5 Å². The highest BCUT2D eigenvalue weighted by molar-refractivity contribution is 9.10. The highest BCUT2D eigenvalue weighted by atomic mass is 79.9. The van der Waals surface area contributed by atoms with Gasteiger partial charge in [-0.3, -0.25) is 19.7 Å². The fourth-order valence-electron chi connectivity index (χ4n) is 2.58. The molecule has 3 aromatic rings. The number of nitro groups is 1. The van der Waals surface area contributed by atoms with Crippen LogP contribution in [-0.2, 0) is 4.79 Å². The SMILES string of the molecule is O=C(COc1ccc(Br)cc1/C=N/NC(=O)c1ccc([N+](=O)[O-])cc1)Nc1ccc(Cl)cc1. The maximum absolute atomic E-state index is 12.2. The minimum atomic E-state index is -0.551. The first kappa shape index (κ1) is 23.9. The van der Waals surface area contributed by atoms with Gasteiger partial charge in [0, 0.05) is 38.4 Å². The quantitative estimate of drug-likeness (QED) is 0.246. The van der Waals surface area contributed by atoms with E-state index in [2.05, 4.69) is 31.8 Å². The molecule has 0 saturated heterocycles. The van der Waals surface area contributed by atoms with Gasteiger partial charge in [-0.15, -0.1) is 0 Å². The van der Waals surface area contributed by atoms with E-state index in [1.165, 1.54) is 30.5 Å². The lowest BCUT2D eigenvalue weighted by atomic mass is 10.2. The standard InChI is InChI=1S/C22H16BrClN4O5/c23-16-3-10-20(33-13-21(29)26-18-6-4-17(24)5-7-18)15(11-16)12-25-27-22(30)14-1-8-19(9-2-14)28(31)32/h1-12H,13H2,(H,26,29)(H,27,30)/b25-12+. The molecular weight excluding hydrogens is 516 g/mol. The van der Waals surface area contributed by atoms with Crippen molar-refractivity contribution in [2.45, 2.75) is 0 Å². The third kappa shape index (κ3) is 7.13. The molecule has 0 aliphatic rings. The Morgan fingerprint density at radius 2 is 1.79 bits per heavy atom. The highest BCUT2D eigenvalue weighted by Crippen LogP contribution is 2.22. The van der Waals surface area contributed by atoms with Gasteiger partial charge in [-0.25, -0.2) is 5.43 Å². The van der Waals surface area contributed by atoms with Crippen molar-refractivity contribution < 1.29 is 19.2 Å². The minimum absolute atomic E-state index is 0.119. The molecule has 0 spiro atoms. The Kier molecular flexibility index (Phi) is 8.11. The Balaban J connectivity index is 1.61. The maximum Gasteiger partial charge on any atom is 0.271 e.